The van der Waals surface area contributed by atoms with Crippen LogP contribution in [0.15, 0.2) is 128 Å². The SMILES string of the molecule is [2H]C([2H])([2H])c1c[n+](C)c(-c2c(C)ccc3c2Cc2cc(C)ccc2-3)cc1C1([2H])CCCCC1.[2H]C([2H])(c1cc[n+](C)c(-c2c(C)ccc3c2Cc2nc(C)ccc2-3)c1)C(C)(C)C.[2H]C([2H])(c1cc[n+](C)c(-c2c(C)ccc3c2Cc2nc(C)ccc2-3)c1)C(C)C. The fourth-order valence-electron chi connectivity index (χ4n) is 13.3. The summed E-state index contributed by atoms with van der Waals surface area (Å²) in [5.41, 5.74) is 30.7. The van der Waals surface area contributed by atoms with Gasteiger partial charge in [0.25, 0.3) is 0 Å². The van der Waals surface area contributed by atoms with E-state index in [1.165, 1.54) is 94.6 Å². The normalized spacial score (nSPS) is 16.1. The van der Waals surface area contributed by atoms with Crippen LogP contribution in [0.4, 0.5) is 0 Å². The van der Waals surface area contributed by atoms with Crippen molar-refractivity contribution in [1.29, 1.82) is 0 Å². The van der Waals surface area contributed by atoms with Crippen molar-refractivity contribution in [3.8, 4) is 67.2 Å². The number of aryl methyl sites for hydroxylation is 10. The molecule has 4 aliphatic carbocycles. The van der Waals surface area contributed by atoms with Crippen LogP contribution in [0.3, 0.4) is 0 Å². The van der Waals surface area contributed by atoms with Crippen molar-refractivity contribution in [1.82, 2.24) is 9.97 Å². The number of nitrogens with zero attached hydrogens (tertiary/aromatic N) is 5. The zero-order valence-corrected chi connectivity index (χ0v) is 51.1. The van der Waals surface area contributed by atoms with Gasteiger partial charge < -0.3 is 0 Å². The van der Waals surface area contributed by atoms with Gasteiger partial charge in [0, 0.05) is 82.2 Å². The summed E-state index contributed by atoms with van der Waals surface area (Å²) in [5.74, 6) is -0.927. The number of hydrogen-bond donors (Lipinski definition) is 0. The lowest BCUT2D eigenvalue weighted by molar-refractivity contribution is -0.660. The van der Waals surface area contributed by atoms with Crippen molar-refractivity contribution in [3.63, 3.8) is 0 Å². The fraction of sp³-hybridized carbons (Fsp3) is 0.364. The smallest absolute Gasteiger partial charge is 0.213 e. The highest BCUT2D eigenvalue weighted by atomic mass is 14.9. The first-order chi connectivity index (χ1) is 42.3. The van der Waals surface area contributed by atoms with Crippen LogP contribution in [0.1, 0.15) is 173 Å². The molecule has 0 saturated heterocycles. The van der Waals surface area contributed by atoms with E-state index in [1.54, 1.807) is 6.20 Å². The molecule has 13 rings (SSSR count). The van der Waals surface area contributed by atoms with Crippen molar-refractivity contribution in [2.24, 2.45) is 32.5 Å². The van der Waals surface area contributed by atoms with Crippen LogP contribution in [-0.4, -0.2) is 9.97 Å². The number of hydrogen-bond acceptors (Lipinski definition) is 2. The first kappa shape index (κ1) is 47.2. The topological polar surface area (TPSA) is 37.4 Å². The van der Waals surface area contributed by atoms with E-state index in [1.807, 2.05) is 117 Å². The quantitative estimate of drug-likeness (QED) is 0.149. The van der Waals surface area contributed by atoms with E-state index < -0.39 is 30.9 Å². The van der Waals surface area contributed by atoms with E-state index in [2.05, 4.69) is 116 Å². The predicted molar refractivity (Wildman–Crippen MR) is 340 cm³/mol. The lowest BCUT2D eigenvalue weighted by atomic mass is 9.82. The minimum atomic E-state index is -2.24. The second-order valence-electron chi connectivity index (χ2n) is 25.2. The zero-order chi connectivity index (χ0) is 64.9. The third-order valence-electron chi connectivity index (χ3n) is 17.1. The Morgan fingerprint density at radius 3 is 1.54 bits per heavy atom. The summed E-state index contributed by atoms with van der Waals surface area (Å²) in [6.45, 7) is 20.1. The molecule has 5 heteroatoms. The molecule has 0 radical (unpaired) electrons. The van der Waals surface area contributed by atoms with E-state index in [-0.39, 0.29) is 5.92 Å². The number of rotatable bonds is 7. The molecule has 0 bridgehead atoms. The minimum absolute atomic E-state index is 0.0907. The molecule has 5 aromatic heterocycles. The molecule has 5 heterocycles. The Hall–Kier alpha value is -7.37. The maximum Gasteiger partial charge on any atom is 0.213 e. The Morgan fingerprint density at radius 2 is 1.01 bits per heavy atom. The summed E-state index contributed by atoms with van der Waals surface area (Å²) in [7, 11) is 6.01. The molecular formula is C77H88N5+3. The van der Waals surface area contributed by atoms with E-state index in [9.17, 15) is 1.37 Å². The molecule has 4 aliphatic rings. The first-order valence-corrected chi connectivity index (χ1v) is 29.8. The molecular weight excluding hydrogens is 995 g/mol. The Labute approximate surface area is 502 Å². The highest BCUT2D eigenvalue weighted by Crippen LogP contribution is 2.46. The summed E-state index contributed by atoms with van der Waals surface area (Å²) in [4.78, 5) is 9.55. The van der Waals surface area contributed by atoms with Gasteiger partial charge in [-0.3, -0.25) is 9.97 Å². The van der Waals surface area contributed by atoms with Crippen molar-refractivity contribution < 1.29 is 24.7 Å². The van der Waals surface area contributed by atoms with Crippen LogP contribution < -0.4 is 13.7 Å². The summed E-state index contributed by atoms with van der Waals surface area (Å²) in [6, 6.07) is 38.3. The maximum absolute atomic E-state index is 9.29. The van der Waals surface area contributed by atoms with Crippen LogP contribution in [-0.2, 0) is 53.2 Å². The van der Waals surface area contributed by atoms with Gasteiger partial charge in [0.15, 0.2) is 18.6 Å². The average Bonchev–Trinajstić information content (AvgIpc) is 1.42. The molecule has 0 spiro atoms. The molecule has 0 amide bonds. The first-order valence-electron chi connectivity index (χ1n) is 33.8. The number of fused-ring (bicyclic) bond motifs is 9. The molecule has 4 aromatic carbocycles. The van der Waals surface area contributed by atoms with Crippen molar-refractivity contribution in [3.05, 3.63) is 217 Å². The van der Waals surface area contributed by atoms with Gasteiger partial charge in [-0.2, -0.15) is 0 Å². The zero-order valence-electron chi connectivity index (χ0n) is 59.1. The molecule has 0 atom stereocenters. The standard InChI is InChI=1S/C28H32N.C25H29N2.C24H27N2/c1-18-10-12-23-22(14-18)15-26-24(23)13-11-19(2)28(26)27-16-25(20(3)17-29(27)4)21-8-6-5-7-9-21;1-16-7-9-19-20-10-8-17(2)26-22(20)14-21(19)24(16)23-13-18(11-12-27(23)6)15-25(3,4)5;1-15(2)12-18-10-11-26(5)23(13-18)24-16(3)6-8-19-20-9-7-17(4)25-22(20)14-21(19)24/h10-14,16-17,21H,5-9,15H2,1-4H3;7-13H,14-15H2,1-6H3;6-11,13,15H,12,14H2,1-5H3/q3*+1/i3D3,21D;15D2;12D2. The lowest BCUT2D eigenvalue weighted by Gasteiger charge is -2.23. The van der Waals surface area contributed by atoms with E-state index in [0.29, 0.717) is 11.1 Å². The van der Waals surface area contributed by atoms with Crippen LogP contribution >= 0.6 is 0 Å². The van der Waals surface area contributed by atoms with E-state index >= 15 is 0 Å². The number of benzene rings is 4. The van der Waals surface area contributed by atoms with Crippen molar-refractivity contribution >= 4 is 0 Å². The highest BCUT2D eigenvalue weighted by Gasteiger charge is 2.32. The number of aromatic nitrogens is 5. The fourth-order valence-corrected chi connectivity index (χ4v) is 13.3. The van der Waals surface area contributed by atoms with Gasteiger partial charge in [0.05, 0.1) is 28.1 Å². The molecule has 1 saturated carbocycles. The molecule has 0 N–H and O–H groups in total. The third kappa shape index (κ3) is 11.3. The van der Waals surface area contributed by atoms with Crippen molar-refractivity contribution in [2.75, 3.05) is 0 Å². The Balaban J connectivity index is 0.000000139. The van der Waals surface area contributed by atoms with Gasteiger partial charge >= 0.3 is 0 Å². The van der Waals surface area contributed by atoms with Gasteiger partial charge in [-0.05, 0) is 188 Å². The van der Waals surface area contributed by atoms with Gasteiger partial charge in [0.2, 0.25) is 17.1 Å². The summed E-state index contributed by atoms with van der Waals surface area (Å²) < 4.78 is 74.6. The molecule has 1 fully saturated rings. The molecule has 5 nitrogen and oxygen atoms in total. The van der Waals surface area contributed by atoms with E-state index in [4.69, 9.17) is 19.6 Å². The Kier molecular flexibility index (Phi) is 13.1. The minimum Gasteiger partial charge on any atom is -0.257 e. The van der Waals surface area contributed by atoms with Gasteiger partial charge in [-0.1, -0.05) is 126 Å². The molecule has 9 aromatic rings. The van der Waals surface area contributed by atoms with Gasteiger partial charge in [0.1, 0.15) is 21.1 Å². The van der Waals surface area contributed by atoms with Crippen LogP contribution in [0, 0.1) is 59.7 Å². The average molecular weight is 1090 g/mol. The molecule has 82 heavy (non-hydrogen) atoms. The molecule has 0 aliphatic heterocycles. The van der Waals surface area contributed by atoms with Gasteiger partial charge in [-0.25, -0.2) is 13.7 Å². The second-order valence-corrected chi connectivity index (χ2v) is 25.2. The van der Waals surface area contributed by atoms with Crippen molar-refractivity contribution in [2.45, 2.75) is 153 Å². The van der Waals surface area contributed by atoms with Crippen LogP contribution in [0.5, 0.6) is 0 Å². The number of pyridine rings is 5. The monoisotopic (exact) mass is 1090 g/mol. The molecule has 418 valence electrons. The second kappa shape index (κ2) is 22.8. The summed E-state index contributed by atoms with van der Waals surface area (Å²) in [5, 5.41) is 0. The Bertz CT molecular complexity index is 4330. The third-order valence-corrected chi connectivity index (χ3v) is 17.1. The van der Waals surface area contributed by atoms with Crippen LogP contribution in [0.2, 0.25) is 0 Å². The van der Waals surface area contributed by atoms with Crippen LogP contribution in [0.25, 0.3) is 67.2 Å². The summed E-state index contributed by atoms with van der Waals surface area (Å²) in [6.07, 6.45) is 10.00. The summed E-state index contributed by atoms with van der Waals surface area (Å²) >= 11 is 0. The highest BCUT2D eigenvalue weighted by molar-refractivity contribution is 5.87. The maximum atomic E-state index is 9.29. The largest absolute Gasteiger partial charge is 0.257 e. The molecule has 0 unspecified atom stereocenters. The predicted octanol–water partition coefficient (Wildman–Crippen LogP) is 17.0. The van der Waals surface area contributed by atoms with Gasteiger partial charge in [-0.15, -0.1) is 0 Å². The lowest BCUT2D eigenvalue weighted by Crippen LogP contribution is -2.32. The van der Waals surface area contributed by atoms with E-state index in [0.717, 1.165) is 102 Å². The Morgan fingerprint density at radius 1 is 0.537 bits per heavy atom.